The number of fused-ring (bicyclic) bond motifs is 2. The minimum atomic E-state index is -0.532. The fourth-order valence-corrected chi connectivity index (χ4v) is 3.27. The number of halogens is 1. The van der Waals surface area contributed by atoms with Crippen LogP contribution in [0.1, 0.15) is 15.9 Å². The predicted molar refractivity (Wildman–Crippen MR) is 110 cm³/mol. The molecule has 1 amide bonds. The summed E-state index contributed by atoms with van der Waals surface area (Å²) in [5.74, 6) is -0.682. The molecule has 2 N–H and O–H groups in total. The highest BCUT2D eigenvalue weighted by Crippen LogP contribution is 2.27. The van der Waals surface area contributed by atoms with E-state index in [-0.39, 0.29) is 11.3 Å². The minimum absolute atomic E-state index is 0.0717. The third-order valence-corrected chi connectivity index (χ3v) is 4.61. The lowest BCUT2D eigenvalue weighted by atomic mass is 9.97. The van der Waals surface area contributed by atoms with Crippen molar-refractivity contribution in [2.75, 3.05) is 0 Å². The van der Waals surface area contributed by atoms with Crippen LogP contribution in [0.3, 0.4) is 0 Å². The Bertz CT molecular complexity index is 1150. The first-order chi connectivity index (χ1) is 13.1. The van der Waals surface area contributed by atoms with E-state index in [2.05, 4.69) is 16.6 Å². The van der Waals surface area contributed by atoms with Crippen LogP contribution in [-0.4, -0.2) is 17.2 Å². The van der Waals surface area contributed by atoms with Crippen molar-refractivity contribution in [3.63, 3.8) is 0 Å². The Morgan fingerprint density at radius 3 is 2.22 bits per heavy atom. The highest BCUT2D eigenvalue weighted by Gasteiger charge is 2.11. The number of hydrogen-bond acceptors (Lipinski definition) is 3. The van der Waals surface area contributed by atoms with E-state index in [4.69, 9.17) is 11.6 Å². The largest absolute Gasteiger partial charge is 0.507 e. The standard InChI is InChI=1S/C22H15ClN2O2/c23-16-9-10-21(26)19(12-16)22(27)25-24-13-20-17-7-3-1-5-14(17)11-15-6-2-4-8-18(15)20/h1-13,26H,(H,25,27)/b24-13+. The van der Waals surface area contributed by atoms with Crippen molar-refractivity contribution in [2.24, 2.45) is 5.10 Å². The van der Waals surface area contributed by atoms with Gasteiger partial charge in [0, 0.05) is 10.6 Å². The van der Waals surface area contributed by atoms with Gasteiger partial charge in [0.1, 0.15) is 5.75 Å². The third-order valence-electron chi connectivity index (χ3n) is 4.38. The fourth-order valence-electron chi connectivity index (χ4n) is 3.09. The van der Waals surface area contributed by atoms with Gasteiger partial charge in [-0.05, 0) is 45.8 Å². The zero-order valence-corrected chi connectivity index (χ0v) is 14.9. The number of phenols is 1. The van der Waals surface area contributed by atoms with Crippen LogP contribution >= 0.6 is 11.6 Å². The summed E-state index contributed by atoms with van der Waals surface area (Å²) in [6.07, 6.45) is 1.63. The van der Waals surface area contributed by atoms with Gasteiger partial charge in [0.05, 0.1) is 11.8 Å². The molecule has 5 heteroatoms. The number of carbonyl (C=O) groups excluding carboxylic acids is 1. The van der Waals surface area contributed by atoms with Crippen molar-refractivity contribution in [2.45, 2.75) is 0 Å². The van der Waals surface area contributed by atoms with Crippen molar-refractivity contribution in [1.82, 2.24) is 5.43 Å². The van der Waals surface area contributed by atoms with Gasteiger partial charge in [-0.15, -0.1) is 0 Å². The van der Waals surface area contributed by atoms with E-state index in [9.17, 15) is 9.90 Å². The number of amides is 1. The van der Waals surface area contributed by atoms with Crippen molar-refractivity contribution in [3.8, 4) is 5.75 Å². The Labute approximate surface area is 160 Å². The van der Waals surface area contributed by atoms with E-state index < -0.39 is 5.91 Å². The van der Waals surface area contributed by atoms with E-state index >= 15 is 0 Å². The molecule has 4 aromatic rings. The van der Waals surface area contributed by atoms with E-state index in [1.807, 2.05) is 48.5 Å². The minimum Gasteiger partial charge on any atom is -0.507 e. The number of hydrogen-bond donors (Lipinski definition) is 2. The van der Waals surface area contributed by atoms with Gasteiger partial charge in [-0.25, -0.2) is 5.43 Å². The maximum Gasteiger partial charge on any atom is 0.275 e. The van der Waals surface area contributed by atoms with Crippen LogP contribution < -0.4 is 5.43 Å². The molecule has 0 bridgehead atoms. The summed E-state index contributed by atoms with van der Waals surface area (Å²) in [5, 5.41) is 18.6. The Hall–Kier alpha value is -3.37. The van der Waals surface area contributed by atoms with Gasteiger partial charge in [-0.1, -0.05) is 60.1 Å². The SMILES string of the molecule is O=C(N/N=C/c1c2ccccc2cc2ccccc12)c1cc(Cl)ccc1O. The molecule has 0 atom stereocenters. The molecular formula is C22H15ClN2O2. The molecule has 132 valence electrons. The van der Waals surface area contributed by atoms with Gasteiger partial charge in [0.25, 0.3) is 5.91 Å². The molecule has 0 heterocycles. The molecule has 0 aliphatic carbocycles. The lowest BCUT2D eigenvalue weighted by Crippen LogP contribution is -2.17. The first kappa shape index (κ1) is 17.1. The van der Waals surface area contributed by atoms with Crippen LogP contribution in [0.4, 0.5) is 0 Å². The van der Waals surface area contributed by atoms with Gasteiger partial charge >= 0.3 is 0 Å². The molecule has 4 rings (SSSR count). The maximum absolute atomic E-state index is 12.3. The van der Waals surface area contributed by atoms with Crippen molar-refractivity contribution in [3.05, 3.63) is 88.9 Å². The van der Waals surface area contributed by atoms with E-state index in [0.717, 1.165) is 27.1 Å². The molecule has 0 unspecified atom stereocenters. The number of phenolic OH excluding ortho intramolecular Hbond substituents is 1. The maximum atomic E-state index is 12.3. The van der Waals surface area contributed by atoms with Crippen molar-refractivity contribution >= 4 is 45.3 Å². The van der Waals surface area contributed by atoms with E-state index in [1.165, 1.54) is 18.2 Å². The second-order valence-electron chi connectivity index (χ2n) is 6.09. The summed E-state index contributed by atoms with van der Waals surface area (Å²) < 4.78 is 0. The van der Waals surface area contributed by atoms with E-state index in [0.29, 0.717) is 5.02 Å². The lowest BCUT2D eigenvalue weighted by molar-refractivity contribution is 0.0952. The van der Waals surface area contributed by atoms with Gasteiger partial charge in [-0.2, -0.15) is 5.10 Å². The molecule has 0 fully saturated rings. The molecule has 27 heavy (non-hydrogen) atoms. The van der Waals surface area contributed by atoms with Crippen LogP contribution in [-0.2, 0) is 0 Å². The monoisotopic (exact) mass is 374 g/mol. The van der Waals surface area contributed by atoms with Crippen molar-refractivity contribution < 1.29 is 9.90 Å². The molecule has 0 saturated carbocycles. The molecule has 0 aromatic heterocycles. The number of rotatable bonds is 3. The molecule has 0 spiro atoms. The van der Waals surface area contributed by atoms with Crippen LogP contribution in [0.5, 0.6) is 5.75 Å². The molecule has 0 radical (unpaired) electrons. The Kier molecular flexibility index (Phi) is 4.48. The average Bonchev–Trinajstić information content (AvgIpc) is 2.69. The topological polar surface area (TPSA) is 61.7 Å². The highest BCUT2D eigenvalue weighted by molar-refractivity contribution is 6.31. The van der Waals surface area contributed by atoms with Gasteiger partial charge in [0.15, 0.2) is 0 Å². The Balaban J connectivity index is 1.72. The number of nitrogens with zero attached hydrogens (tertiary/aromatic N) is 1. The summed E-state index contributed by atoms with van der Waals surface area (Å²) in [7, 11) is 0. The molecule has 4 nitrogen and oxygen atoms in total. The van der Waals surface area contributed by atoms with Crippen LogP contribution in [0.15, 0.2) is 77.9 Å². The molecule has 4 aromatic carbocycles. The number of nitrogens with one attached hydrogen (secondary N) is 1. The quantitative estimate of drug-likeness (QED) is 0.297. The van der Waals surface area contributed by atoms with Crippen LogP contribution in [0, 0.1) is 0 Å². The highest BCUT2D eigenvalue weighted by atomic mass is 35.5. The summed E-state index contributed by atoms with van der Waals surface area (Å²) in [6.45, 7) is 0. The summed E-state index contributed by atoms with van der Waals surface area (Å²) in [4.78, 5) is 12.3. The van der Waals surface area contributed by atoms with Crippen LogP contribution in [0.25, 0.3) is 21.5 Å². The fraction of sp³-hybridized carbons (Fsp3) is 0. The zero-order chi connectivity index (χ0) is 18.8. The van der Waals surface area contributed by atoms with E-state index in [1.54, 1.807) is 6.21 Å². The first-order valence-corrected chi connectivity index (χ1v) is 8.74. The van der Waals surface area contributed by atoms with Gasteiger partial charge in [-0.3, -0.25) is 4.79 Å². The predicted octanol–water partition coefficient (Wildman–Crippen LogP) is 5.12. The zero-order valence-electron chi connectivity index (χ0n) is 14.2. The Morgan fingerprint density at radius 2 is 1.56 bits per heavy atom. The summed E-state index contributed by atoms with van der Waals surface area (Å²) in [5.41, 5.74) is 3.44. The molecule has 0 aliphatic rings. The number of benzene rings is 4. The Morgan fingerprint density at radius 1 is 0.926 bits per heavy atom. The summed E-state index contributed by atoms with van der Waals surface area (Å²) >= 11 is 5.89. The van der Waals surface area contributed by atoms with Crippen LogP contribution in [0.2, 0.25) is 5.02 Å². The molecule has 0 aliphatic heterocycles. The smallest absolute Gasteiger partial charge is 0.275 e. The number of hydrazone groups is 1. The lowest BCUT2D eigenvalue weighted by Gasteiger charge is -2.08. The van der Waals surface area contributed by atoms with Crippen molar-refractivity contribution in [1.29, 1.82) is 0 Å². The van der Waals surface area contributed by atoms with Gasteiger partial charge < -0.3 is 5.11 Å². The van der Waals surface area contributed by atoms with Gasteiger partial charge in [0.2, 0.25) is 0 Å². The number of aromatic hydroxyl groups is 1. The normalized spacial score (nSPS) is 11.3. The second-order valence-corrected chi connectivity index (χ2v) is 6.53. The molecular weight excluding hydrogens is 360 g/mol. The summed E-state index contributed by atoms with van der Waals surface area (Å²) in [6, 6.07) is 22.5. The number of carbonyl (C=O) groups is 1. The average molecular weight is 375 g/mol. The second kappa shape index (κ2) is 7.09. The third kappa shape index (κ3) is 3.35. The first-order valence-electron chi connectivity index (χ1n) is 8.36. The molecule has 0 saturated heterocycles.